The number of alkyl halides is 5. The van der Waals surface area contributed by atoms with Crippen LogP contribution in [0.25, 0.3) is 0 Å². The Kier molecular flexibility index (Phi) is 2.49. The molecule has 0 spiro atoms. The van der Waals surface area contributed by atoms with Gasteiger partial charge in [-0.3, -0.25) is 0 Å². The predicted molar refractivity (Wildman–Crippen MR) is 29.0 cm³/mol. The van der Waals surface area contributed by atoms with Crippen molar-refractivity contribution in [3.63, 3.8) is 0 Å². The third kappa shape index (κ3) is 1.82. The van der Waals surface area contributed by atoms with Gasteiger partial charge in [0.2, 0.25) is 0 Å². The van der Waals surface area contributed by atoms with Crippen LogP contribution in [0.5, 0.6) is 0 Å². The van der Waals surface area contributed by atoms with Crippen molar-refractivity contribution in [3.8, 4) is 12.3 Å². The Labute approximate surface area is 60.4 Å². The summed E-state index contributed by atoms with van der Waals surface area (Å²) in [5.74, 6) is -5.57. The maximum Gasteiger partial charge on any atom is 0.454 e. The van der Waals surface area contributed by atoms with Crippen molar-refractivity contribution >= 4 is 0 Å². The van der Waals surface area contributed by atoms with Gasteiger partial charge < -0.3 is 0 Å². The zero-order valence-corrected chi connectivity index (χ0v) is 5.54. The Hall–Kier alpha value is -0.790. The lowest BCUT2D eigenvalue weighted by Crippen LogP contribution is -2.41. The largest absolute Gasteiger partial charge is 0.454 e. The highest BCUT2D eigenvalue weighted by Gasteiger charge is 2.60. The molecule has 0 nitrogen and oxygen atoms in total. The van der Waals surface area contributed by atoms with Crippen LogP contribution >= 0.6 is 0 Å². The van der Waals surface area contributed by atoms with Gasteiger partial charge >= 0.3 is 12.1 Å². The first kappa shape index (κ1) is 10.2. The number of halogens is 5. The molecule has 11 heavy (non-hydrogen) atoms. The SMILES string of the molecule is C#CC(C)C(F)(F)C(F)(F)F. The molecule has 1 unspecified atom stereocenters. The van der Waals surface area contributed by atoms with E-state index in [1.165, 1.54) is 5.92 Å². The first-order valence-electron chi connectivity index (χ1n) is 2.64. The Morgan fingerprint density at radius 1 is 1.18 bits per heavy atom. The molecular weight excluding hydrogens is 167 g/mol. The topological polar surface area (TPSA) is 0 Å². The van der Waals surface area contributed by atoms with E-state index in [0.717, 1.165) is 0 Å². The summed E-state index contributed by atoms with van der Waals surface area (Å²) < 4.78 is 58.4. The molecule has 0 aromatic rings. The molecule has 0 aliphatic heterocycles. The van der Waals surface area contributed by atoms with Gasteiger partial charge in [-0.15, -0.1) is 6.42 Å². The predicted octanol–water partition coefficient (Wildman–Crippen LogP) is 2.45. The summed E-state index contributed by atoms with van der Waals surface area (Å²) >= 11 is 0. The molecule has 5 heteroatoms. The molecule has 0 N–H and O–H groups in total. The van der Waals surface area contributed by atoms with E-state index in [0.29, 0.717) is 6.92 Å². The third-order valence-electron chi connectivity index (χ3n) is 1.17. The molecule has 0 heterocycles. The van der Waals surface area contributed by atoms with Crippen molar-refractivity contribution in [2.24, 2.45) is 5.92 Å². The molecule has 0 rings (SSSR count). The van der Waals surface area contributed by atoms with E-state index < -0.39 is 18.0 Å². The second kappa shape index (κ2) is 2.68. The second-order valence-electron chi connectivity index (χ2n) is 2.01. The summed E-state index contributed by atoms with van der Waals surface area (Å²) in [7, 11) is 0. The number of rotatable bonds is 1. The van der Waals surface area contributed by atoms with E-state index >= 15 is 0 Å². The molecule has 0 aromatic heterocycles. The maximum absolute atomic E-state index is 12.1. The fraction of sp³-hybridized carbons (Fsp3) is 0.667. The fourth-order valence-electron chi connectivity index (χ4n) is 0.350. The van der Waals surface area contributed by atoms with Gasteiger partial charge in [0.1, 0.15) is 0 Å². The average Bonchev–Trinajstić information content (AvgIpc) is 1.83. The van der Waals surface area contributed by atoms with Gasteiger partial charge in [0, 0.05) is 0 Å². The zero-order chi connectivity index (χ0) is 9.28. The number of terminal acetylenes is 1. The molecule has 0 saturated heterocycles. The van der Waals surface area contributed by atoms with Crippen molar-refractivity contribution in [1.82, 2.24) is 0 Å². The molecule has 0 amide bonds. The Balaban J connectivity index is 4.62. The molecule has 0 aromatic carbocycles. The molecule has 1 atom stereocenters. The zero-order valence-electron chi connectivity index (χ0n) is 5.54. The van der Waals surface area contributed by atoms with E-state index in [-0.39, 0.29) is 0 Å². The standard InChI is InChI=1S/C6H5F5/c1-3-4(2)5(7,8)6(9,10)11/h1,4H,2H3. The maximum atomic E-state index is 12.1. The van der Waals surface area contributed by atoms with Crippen LogP contribution in [0.1, 0.15) is 6.92 Å². The summed E-state index contributed by atoms with van der Waals surface area (Å²) in [6.07, 6.45) is -1.13. The highest BCUT2D eigenvalue weighted by atomic mass is 19.4. The molecule has 0 fully saturated rings. The fourth-order valence-corrected chi connectivity index (χ4v) is 0.350. The molecule has 0 aliphatic carbocycles. The van der Waals surface area contributed by atoms with Crippen LogP contribution in [0.4, 0.5) is 22.0 Å². The highest BCUT2D eigenvalue weighted by molar-refractivity contribution is 5.00. The van der Waals surface area contributed by atoms with Crippen molar-refractivity contribution in [2.45, 2.75) is 19.0 Å². The molecular formula is C6H5F5. The minimum atomic E-state index is -5.56. The Morgan fingerprint density at radius 2 is 1.55 bits per heavy atom. The summed E-state index contributed by atoms with van der Waals surface area (Å²) in [6.45, 7) is 0.646. The lowest BCUT2D eigenvalue weighted by Gasteiger charge is -2.21. The summed E-state index contributed by atoms with van der Waals surface area (Å²) in [5.41, 5.74) is 0. The molecule has 0 saturated carbocycles. The first-order valence-corrected chi connectivity index (χ1v) is 2.64. The lowest BCUT2D eigenvalue weighted by molar-refractivity contribution is -0.293. The highest BCUT2D eigenvalue weighted by Crippen LogP contribution is 2.40. The minimum Gasteiger partial charge on any atom is -0.195 e. The average molecular weight is 172 g/mol. The van der Waals surface area contributed by atoms with Crippen LogP contribution in [0.2, 0.25) is 0 Å². The van der Waals surface area contributed by atoms with Crippen molar-refractivity contribution in [1.29, 1.82) is 0 Å². The van der Waals surface area contributed by atoms with E-state index in [4.69, 9.17) is 0 Å². The van der Waals surface area contributed by atoms with Crippen LogP contribution in [0, 0.1) is 18.3 Å². The van der Waals surface area contributed by atoms with Gasteiger partial charge in [-0.1, -0.05) is 5.92 Å². The molecule has 0 aliphatic rings. The smallest absolute Gasteiger partial charge is 0.195 e. The molecule has 64 valence electrons. The van der Waals surface area contributed by atoms with Crippen LogP contribution in [0.3, 0.4) is 0 Å². The van der Waals surface area contributed by atoms with Crippen molar-refractivity contribution < 1.29 is 22.0 Å². The number of hydrogen-bond acceptors (Lipinski definition) is 0. The second-order valence-corrected chi connectivity index (χ2v) is 2.01. The van der Waals surface area contributed by atoms with Crippen LogP contribution in [0.15, 0.2) is 0 Å². The van der Waals surface area contributed by atoms with E-state index in [9.17, 15) is 22.0 Å². The van der Waals surface area contributed by atoms with Crippen molar-refractivity contribution in [3.05, 3.63) is 0 Å². The Bertz CT molecular complexity index is 172. The van der Waals surface area contributed by atoms with Crippen LogP contribution in [-0.4, -0.2) is 12.1 Å². The minimum absolute atomic E-state index is 0.646. The van der Waals surface area contributed by atoms with Gasteiger partial charge in [0.25, 0.3) is 0 Å². The van der Waals surface area contributed by atoms with Crippen LogP contribution in [-0.2, 0) is 0 Å². The van der Waals surface area contributed by atoms with Gasteiger partial charge in [0.15, 0.2) is 0 Å². The molecule has 0 bridgehead atoms. The van der Waals surface area contributed by atoms with Gasteiger partial charge in [0.05, 0.1) is 5.92 Å². The lowest BCUT2D eigenvalue weighted by atomic mass is 10.1. The third-order valence-corrected chi connectivity index (χ3v) is 1.17. The summed E-state index contributed by atoms with van der Waals surface area (Å²) in [6, 6.07) is 0. The monoisotopic (exact) mass is 172 g/mol. The van der Waals surface area contributed by atoms with Crippen LogP contribution < -0.4 is 0 Å². The quantitative estimate of drug-likeness (QED) is 0.421. The summed E-state index contributed by atoms with van der Waals surface area (Å²) in [4.78, 5) is 0. The van der Waals surface area contributed by atoms with E-state index in [1.54, 1.807) is 0 Å². The Morgan fingerprint density at radius 3 is 1.64 bits per heavy atom. The van der Waals surface area contributed by atoms with E-state index in [1.807, 2.05) is 0 Å². The van der Waals surface area contributed by atoms with Gasteiger partial charge in [-0.05, 0) is 6.92 Å². The molecule has 0 radical (unpaired) electrons. The van der Waals surface area contributed by atoms with Gasteiger partial charge in [-0.25, -0.2) is 0 Å². The normalized spacial score (nSPS) is 15.7. The van der Waals surface area contributed by atoms with E-state index in [2.05, 4.69) is 6.42 Å². The number of hydrogen-bond donors (Lipinski definition) is 0. The summed E-state index contributed by atoms with van der Waals surface area (Å²) in [5, 5.41) is 0. The van der Waals surface area contributed by atoms with Gasteiger partial charge in [-0.2, -0.15) is 22.0 Å². The first-order chi connectivity index (χ1) is 4.73. The van der Waals surface area contributed by atoms with Crippen molar-refractivity contribution in [2.75, 3.05) is 0 Å².